The van der Waals surface area contributed by atoms with Gasteiger partial charge in [0.1, 0.15) is 23.1 Å². The number of aliphatic hydroxyl groups is 1. The molecule has 4 rings (SSSR count). The van der Waals surface area contributed by atoms with Gasteiger partial charge in [0.15, 0.2) is 0 Å². The molecule has 0 bridgehead atoms. The maximum atomic E-state index is 13.6. The Morgan fingerprint density at radius 3 is 2.66 bits per heavy atom. The molecule has 1 aromatic carbocycles. The van der Waals surface area contributed by atoms with E-state index in [1.165, 1.54) is 10.6 Å². The van der Waals surface area contributed by atoms with Crippen LogP contribution in [0.4, 0.5) is 0 Å². The van der Waals surface area contributed by atoms with E-state index in [0.717, 1.165) is 16.8 Å². The van der Waals surface area contributed by atoms with E-state index in [2.05, 4.69) is 19.9 Å². The molecular formula is C25H31N5O4S. The van der Waals surface area contributed by atoms with Crippen LogP contribution < -0.4 is 4.74 Å². The summed E-state index contributed by atoms with van der Waals surface area (Å²) in [5.74, 6) is 0.145. The van der Waals surface area contributed by atoms with E-state index in [4.69, 9.17) is 4.74 Å². The van der Waals surface area contributed by atoms with Crippen molar-refractivity contribution in [3.05, 3.63) is 67.0 Å². The van der Waals surface area contributed by atoms with Crippen molar-refractivity contribution in [1.82, 2.24) is 24.2 Å². The van der Waals surface area contributed by atoms with Gasteiger partial charge >= 0.3 is 0 Å². The van der Waals surface area contributed by atoms with Crippen molar-refractivity contribution < 1.29 is 18.3 Å². The standard InChI is InChI=1S/C25H31N5O4S/c1-18-13-30(19(2)16-31)35(32,33)25-8-7-20(21-11-26-17-27-12-21)10-23(25)34-24(18)15-29(3)14-22-6-4-5-9-28-22/h4-12,17-19,24,31H,13-16H2,1-3H3/t18-,19-,24-/m1/s1. The number of pyridine rings is 1. The minimum Gasteiger partial charge on any atom is -0.487 e. The predicted octanol–water partition coefficient (Wildman–Crippen LogP) is 2.44. The van der Waals surface area contributed by atoms with E-state index < -0.39 is 16.1 Å². The van der Waals surface area contributed by atoms with Crippen molar-refractivity contribution in [3.63, 3.8) is 0 Å². The Morgan fingerprint density at radius 1 is 1.20 bits per heavy atom. The summed E-state index contributed by atoms with van der Waals surface area (Å²) in [6.45, 7) is 4.86. The molecule has 10 heteroatoms. The van der Waals surface area contributed by atoms with Gasteiger partial charge in [-0.15, -0.1) is 0 Å². The molecule has 0 saturated heterocycles. The Labute approximate surface area is 206 Å². The molecule has 1 aliphatic heterocycles. The topological polar surface area (TPSA) is 109 Å². The first kappa shape index (κ1) is 25.2. The third-order valence-corrected chi connectivity index (χ3v) is 8.23. The van der Waals surface area contributed by atoms with Gasteiger partial charge in [0, 0.05) is 55.7 Å². The molecule has 0 spiro atoms. The maximum Gasteiger partial charge on any atom is 0.247 e. The highest BCUT2D eigenvalue weighted by Crippen LogP contribution is 2.36. The molecule has 3 aromatic rings. The minimum atomic E-state index is -3.89. The monoisotopic (exact) mass is 497 g/mol. The predicted molar refractivity (Wildman–Crippen MR) is 132 cm³/mol. The molecule has 0 saturated carbocycles. The lowest BCUT2D eigenvalue weighted by Gasteiger charge is -2.37. The number of aliphatic hydroxyl groups excluding tert-OH is 1. The summed E-state index contributed by atoms with van der Waals surface area (Å²) in [5.41, 5.74) is 2.46. The van der Waals surface area contributed by atoms with Gasteiger partial charge in [0.05, 0.1) is 12.3 Å². The third kappa shape index (κ3) is 5.67. The summed E-state index contributed by atoms with van der Waals surface area (Å²) < 4.78 is 35.1. The van der Waals surface area contributed by atoms with Gasteiger partial charge in [-0.3, -0.25) is 9.88 Å². The Morgan fingerprint density at radius 2 is 1.97 bits per heavy atom. The fourth-order valence-electron chi connectivity index (χ4n) is 4.21. The zero-order chi connectivity index (χ0) is 25.0. The van der Waals surface area contributed by atoms with Crippen LogP contribution in [0.15, 0.2) is 66.2 Å². The smallest absolute Gasteiger partial charge is 0.247 e. The van der Waals surface area contributed by atoms with Crippen LogP contribution in [0.1, 0.15) is 19.5 Å². The van der Waals surface area contributed by atoms with Crippen LogP contribution in [-0.4, -0.2) is 76.6 Å². The highest BCUT2D eigenvalue weighted by molar-refractivity contribution is 7.89. The van der Waals surface area contributed by atoms with Gasteiger partial charge in [-0.25, -0.2) is 18.4 Å². The molecular weight excluding hydrogens is 466 g/mol. The van der Waals surface area contributed by atoms with E-state index in [1.54, 1.807) is 43.7 Å². The van der Waals surface area contributed by atoms with Crippen LogP contribution in [0, 0.1) is 5.92 Å². The number of aromatic nitrogens is 3. The van der Waals surface area contributed by atoms with Gasteiger partial charge in [-0.2, -0.15) is 4.31 Å². The van der Waals surface area contributed by atoms with E-state index in [1.807, 2.05) is 32.2 Å². The van der Waals surface area contributed by atoms with Crippen molar-refractivity contribution >= 4 is 10.0 Å². The molecule has 0 fully saturated rings. The fourth-order valence-corrected chi connectivity index (χ4v) is 6.04. The third-order valence-electron chi connectivity index (χ3n) is 6.21. The van der Waals surface area contributed by atoms with Crippen molar-refractivity contribution in [2.75, 3.05) is 26.7 Å². The second-order valence-corrected chi connectivity index (χ2v) is 10.9. The molecule has 186 valence electrons. The SMILES string of the molecule is C[C@@H]1CN([C@H](C)CO)S(=O)(=O)c2ccc(-c3cncnc3)cc2O[C@@H]1CN(C)Cc1ccccn1. The second kappa shape index (κ2) is 10.8. The van der Waals surface area contributed by atoms with Gasteiger partial charge in [0.2, 0.25) is 10.0 Å². The van der Waals surface area contributed by atoms with Gasteiger partial charge in [-0.1, -0.05) is 19.1 Å². The number of ether oxygens (including phenoxy) is 1. The zero-order valence-electron chi connectivity index (χ0n) is 20.2. The highest BCUT2D eigenvalue weighted by Gasteiger charge is 2.38. The minimum absolute atomic E-state index is 0.0858. The summed E-state index contributed by atoms with van der Waals surface area (Å²) >= 11 is 0. The average Bonchev–Trinajstić information content (AvgIpc) is 2.86. The normalized spacial score (nSPS) is 20.9. The molecule has 1 N–H and O–H groups in total. The quantitative estimate of drug-likeness (QED) is 0.530. The van der Waals surface area contributed by atoms with E-state index in [9.17, 15) is 13.5 Å². The Kier molecular flexibility index (Phi) is 7.75. The average molecular weight is 498 g/mol. The van der Waals surface area contributed by atoms with Crippen LogP contribution in [0.3, 0.4) is 0 Å². The summed E-state index contributed by atoms with van der Waals surface area (Å²) in [5, 5.41) is 9.82. The van der Waals surface area contributed by atoms with Crippen molar-refractivity contribution in [3.8, 4) is 16.9 Å². The number of hydrogen-bond acceptors (Lipinski definition) is 8. The molecule has 0 amide bonds. The lowest BCUT2D eigenvalue weighted by atomic mass is 10.0. The van der Waals surface area contributed by atoms with Crippen LogP contribution in [-0.2, 0) is 16.6 Å². The first-order valence-corrected chi connectivity index (χ1v) is 13.0. The molecule has 9 nitrogen and oxygen atoms in total. The van der Waals surface area contributed by atoms with Gasteiger partial charge in [-0.05, 0) is 43.8 Å². The first-order valence-electron chi connectivity index (χ1n) is 11.6. The first-order chi connectivity index (χ1) is 16.8. The highest BCUT2D eigenvalue weighted by atomic mass is 32.2. The number of likely N-dealkylation sites (N-methyl/N-ethyl adjacent to an activating group) is 1. The number of sulfonamides is 1. The van der Waals surface area contributed by atoms with Crippen molar-refractivity contribution in [1.29, 1.82) is 0 Å². The number of rotatable bonds is 7. The fraction of sp³-hybridized carbons (Fsp3) is 0.400. The summed E-state index contributed by atoms with van der Waals surface area (Å²) in [6, 6.07) is 10.3. The molecule has 1 aliphatic rings. The van der Waals surface area contributed by atoms with Crippen LogP contribution in [0.25, 0.3) is 11.1 Å². The molecule has 0 aliphatic carbocycles. The Hall–Kier alpha value is -2.92. The Balaban J connectivity index is 1.72. The molecule has 3 atom stereocenters. The van der Waals surface area contributed by atoms with Crippen molar-refractivity contribution in [2.45, 2.75) is 37.4 Å². The molecule has 0 unspecified atom stereocenters. The molecule has 3 heterocycles. The van der Waals surface area contributed by atoms with Gasteiger partial charge < -0.3 is 9.84 Å². The maximum absolute atomic E-state index is 13.6. The molecule has 0 radical (unpaired) electrons. The number of hydrogen-bond donors (Lipinski definition) is 1. The van der Waals surface area contributed by atoms with Crippen LogP contribution >= 0.6 is 0 Å². The number of benzene rings is 1. The molecule has 35 heavy (non-hydrogen) atoms. The second-order valence-electron chi connectivity index (χ2n) is 9.05. The number of fused-ring (bicyclic) bond motifs is 1. The van der Waals surface area contributed by atoms with E-state index in [-0.39, 0.29) is 35.8 Å². The summed E-state index contributed by atoms with van der Waals surface area (Å²) in [7, 11) is -1.90. The largest absolute Gasteiger partial charge is 0.487 e. The lowest BCUT2D eigenvalue weighted by molar-refractivity contribution is 0.0731. The number of nitrogens with zero attached hydrogens (tertiary/aromatic N) is 5. The van der Waals surface area contributed by atoms with Crippen LogP contribution in [0.5, 0.6) is 5.75 Å². The van der Waals surface area contributed by atoms with Crippen LogP contribution in [0.2, 0.25) is 0 Å². The van der Waals surface area contributed by atoms with E-state index >= 15 is 0 Å². The summed E-state index contributed by atoms with van der Waals surface area (Å²) in [4.78, 5) is 14.7. The van der Waals surface area contributed by atoms with Gasteiger partial charge in [0.25, 0.3) is 0 Å². The Bertz CT molecular complexity index is 1230. The summed E-state index contributed by atoms with van der Waals surface area (Å²) in [6.07, 6.45) is 6.26. The van der Waals surface area contributed by atoms with E-state index in [0.29, 0.717) is 13.1 Å². The lowest BCUT2D eigenvalue weighted by Crippen LogP contribution is -2.49. The zero-order valence-corrected chi connectivity index (χ0v) is 21.0. The molecule has 2 aromatic heterocycles. The van der Waals surface area contributed by atoms with Crippen molar-refractivity contribution in [2.24, 2.45) is 5.92 Å².